The van der Waals surface area contributed by atoms with Gasteiger partial charge in [-0.25, -0.2) is 18.4 Å². The molecule has 0 unspecified atom stereocenters. The first-order valence-electron chi connectivity index (χ1n) is 7.86. The van der Waals surface area contributed by atoms with Gasteiger partial charge in [0.1, 0.15) is 5.01 Å². The minimum Gasteiger partial charge on any atom is -0.357 e. The Morgan fingerprint density at radius 1 is 1.27 bits per heavy atom. The molecule has 0 amide bonds. The first kappa shape index (κ1) is 22.6. The van der Waals surface area contributed by atoms with Gasteiger partial charge in [0.2, 0.25) is 10.0 Å². The summed E-state index contributed by atoms with van der Waals surface area (Å²) in [6.07, 6.45) is 2.98. The van der Waals surface area contributed by atoms with Gasteiger partial charge < -0.3 is 10.6 Å². The van der Waals surface area contributed by atoms with Gasteiger partial charge in [0.25, 0.3) is 0 Å². The van der Waals surface area contributed by atoms with Gasteiger partial charge in [0, 0.05) is 17.6 Å². The van der Waals surface area contributed by atoms with Crippen molar-refractivity contribution in [3.05, 3.63) is 45.9 Å². The molecule has 0 radical (unpaired) electrons. The van der Waals surface area contributed by atoms with E-state index in [0.29, 0.717) is 24.7 Å². The molecule has 1 aromatic heterocycles. The van der Waals surface area contributed by atoms with Crippen LogP contribution in [0.3, 0.4) is 0 Å². The fraction of sp³-hybridized carbons (Fsp3) is 0.375. The molecule has 7 nitrogen and oxygen atoms in total. The van der Waals surface area contributed by atoms with Crippen LogP contribution in [0.25, 0.3) is 0 Å². The van der Waals surface area contributed by atoms with Crippen LogP contribution in [-0.4, -0.2) is 32.2 Å². The Kier molecular flexibility index (Phi) is 9.30. The van der Waals surface area contributed by atoms with Crippen LogP contribution < -0.4 is 15.4 Å². The molecule has 144 valence electrons. The second-order valence-corrected chi connectivity index (χ2v) is 8.51. The van der Waals surface area contributed by atoms with Crippen molar-refractivity contribution >= 4 is 57.0 Å². The third-order valence-electron chi connectivity index (χ3n) is 3.14. The topological polar surface area (TPSA) is 95.5 Å². The summed E-state index contributed by atoms with van der Waals surface area (Å²) in [6, 6.07) is 7.22. The summed E-state index contributed by atoms with van der Waals surface area (Å²) >= 11 is 1.64. The number of nitrogens with one attached hydrogen (secondary N) is 3. The molecule has 1 heterocycles. The average molecular weight is 509 g/mol. The van der Waals surface area contributed by atoms with Crippen LogP contribution in [-0.2, 0) is 23.1 Å². The minimum atomic E-state index is -3.33. The number of anilines is 1. The van der Waals surface area contributed by atoms with Crippen LogP contribution >= 0.6 is 35.3 Å². The van der Waals surface area contributed by atoms with Crippen molar-refractivity contribution < 1.29 is 8.42 Å². The number of thiazole rings is 1. The summed E-state index contributed by atoms with van der Waals surface area (Å²) in [5, 5.41) is 7.40. The lowest BCUT2D eigenvalue weighted by molar-refractivity contribution is 0.606. The van der Waals surface area contributed by atoms with Gasteiger partial charge in [-0.15, -0.1) is 35.3 Å². The van der Waals surface area contributed by atoms with E-state index in [9.17, 15) is 8.42 Å². The Balaban J connectivity index is 0.00000338. The molecule has 0 spiro atoms. The molecule has 0 bridgehead atoms. The number of hydrogen-bond acceptors (Lipinski definition) is 5. The van der Waals surface area contributed by atoms with Gasteiger partial charge in [-0.2, -0.15) is 0 Å². The maximum atomic E-state index is 11.5. The molecule has 1 aromatic carbocycles. The smallest absolute Gasteiger partial charge is 0.229 e. The zero-order valence-corrected chi connectivity index (χ0v) is 18.9. The molecule has 2 rings (SSSR count). The molecule has 0 saturated carbocycles. The molecule has 2 aromatic rings. The fourth-order valence-electron chi connectivity index (χ4n) is 2.11. The predicted molar refractivity (Wildman–Crippen MR) is 119 cm³/mol. The molecule has 0 aliphatic rings. The number of hydrogen-bond donors (Lipinski definition) is 3. The van der Waals surface area contributed by atoms with E-state index in [1.807, 2.05) is 32.2 Å². The highest BCUT2D eigenvalue weighted by Gasteiger charge is 2.07. The Morgan fingerprint density at radius 2 is 2.00 bits per heavy atom. The van der Waals surface area contributed by atoms with E-state index >= 15 is 0 Å². The number of aryl methyl sites for hydroxylation is 1. The number of benzene rings is 1. The Bertz CT molecular complexity index is 837. The third-order valence-corrected chi connectivity index (χ3v) is 4.64. The van der Waals surface area contributed by atoms with Gasteiger partial charge in [-0.3, -0.25) is 4.72 Å². The normalized spacial score (nSPS) is 11.6. The van der Waals surface area contributed by atoms with E-state index in [2.05, 4.69) is 25.3 Å². The number of rotatable bonds is 7. The highest BCUT2D eigenvalue weighted by atomic mass is 127. The van der Waals surface area contributed by atoms with E-state index < -0.39 is 10.0 Å². The van der Waals surface area contributed by atoms with Crippen LogP contribution in [0, 0.1) is 6.92 Å². The van der Waals surface area contributed by atoms with Gasteiger partial charge in [0.15, 0.2) is 5.96 Å². The molecule has 10 heteroatoms. The number of sulfonamides is 1. The van der Waals surface area contributed by atoms with E-state index in [0.717, 1.165) is 23.4 Å². The van der Waals surface area contributed by atoms with Crippen molar-refractivity contribution in [2.24, 2.45) is 4.99 Å². The largest absolute Gasteiger partial charge is 0.357 e. The van der Waals surface area contributed by atoms with Crippen molar-refractivity contribution in [3.63, 3.8) is 0 Å². The van der Waals surface area contributed by atoms with Crippen LogP contribution in [0.4, 0.5) is 5.69 Å². The zero-order chi connectivity index (χ0) is 18.3. The number of aromatic nitrogens is 1. The molecule has 0 aliphatic carbocycles. The number of para-hydroxylation sites is 1. The monoisotopic (exact) mass is 509 g/mol. The summed E-state index contributed by atoms with van der Waals surface area (Å²) in [6.45, 7) is 5.68. The molecule has 3 N–H and O–H groups in total. The van der Waals surface area contributed by atoms with Crippen LogP contribution in [0.1, 0.15) is 22.4 Å². The quantitative estimate of drug-likeness (QED) is 0.303. The minimum absolute atomic E-state index is 0. The number of nitrogens with zero attached hydrogens (tertiary/aromatic N) is 2. The van der Waals surface area contributed by atoms with E-state index in [1.165, 1.54) is 4.88 Å². The lowest BCUT2D eigenvalue weighted by atomic mass is 10.2. The Labute approximate surface area is 175 Å². The van der Waals surface area contributed by atoms with Crippen molar-refractivity contribution in [3.8, 4) is 0 Å². The molecular formula is C16H24IN5O2S2. The second-order valence-electron chi connectivity index (χ2n) is 5.44. The summed E-state index contributed by atoms with van der Waals surface area (Å²) in [5.74, 6) is 0.657. The predicted octanol–water partition coefficient (Wildman–Crippen LogP) is 2.70. The van der Waals surface area contributed by atoms with Crippen LogP contribution in [0.5, 0.6) is 0 Å². The van der Waals surface area contributed by atoms with Gasteiger partial charge in [0.05, 0.1) is 25.0 Å². The first-order chi connectivity index (χ1) is 11.9. The van der Waals surface area contributed by atoms with Crippen LogP contribution in [0.2, 0.25) is 0 Å². The summed E-state index contributed by atoms with van der Waals surface area (Å²) in [5.41, 5.74) is 1.34. The van der Waals surface area contributed by atoms with E-state index in [4.69, 9.17) is 0 Å². The molecule has 0 aliphatic heterocycles. The summed E-state index contributed by atoms with van der Waals surface area (Å²) in [4.78, 5) is 10.0. The maximum absolute atomic E-state index is 11.5. The highest BCUT2D eigenvalue weighted by molar-refractivity contribution is 14.0. The first-order valence-corrected chi connectivity index (χ1v) is 10.6. The van der Waals surface area contributed by atoms with E-state index in [-0.39, 0.29) is 24.0 Å². The Morgan fingerprint density at radius 3 is 2.62 bits per heavy atom. The Hall–Kier alpha value is -1.40. The van der Waals surface area contributed by atoms with Crippen molar-refractivity contribution in [1.82, 2.24) is 15.6 Å². The highest BCUT2D eigenvalue weighted by Crippen LogP contribution is 2.17. The molecule has 26 heavy (non-hydrogen) atoms. The molecule has 0 fully saturated rings. The van der Waals surface area contributed by atoms with Gasteiger partial charge >= 0.3 is 0 Å². The lowest BCUT2D eigenvalue weighted by Gasteiger charge is -2.12. The summed E-state index contributed by atoms with van der Waals surface area (Å²) < 4.78 is 25.5. The molecule has 0 saturated heterocycles. The van der Waals surface area contributed by atoms with Gasteiger partial charge in [-0.05, 0) is 25.5 Å². The van der Waals surface area contributed by atoms with Gasteiger partial charge in [-0.1, -0.05) is 18.2 Å². The third kappa shape index (κ3) is 7.87. The lowest BCUT2D eigenvalue weighted by Crippen LogP contribution is -2.36. The number of guanidine groups is 1. The average Bonchev–Trinajstić information content (AvgIpc) is 2.95. The van der Waals surface area contributed by atoms with Crippen LogP contribution in [0.15, 0.2) is 35.5 Å². The number of halogens is 1. The van der Waals surface area contributed by atoms with Crippen molar-refractivity contribution in [2.45, 2.75) is 26.9 Å². The number of aliphatic imine (C=N–C) groups is 1. The standard InChI is InChI=1S/C16H23N5O2S2.HI/c1-4-17-16(20-11-15-18-9-12(2)24-15)19-10-13-7-5-6-8-14(13)21-25(3,22)23;/h5-9,21H,4,10-11H2,1-3H3,(H2,17,19,20);1H. The van der Waals surface area contributed by atoms with E-state index in [1.54, 1.807) is 23.5 Å². The SMILES string of the molecule is CCNC(=NCc1ccccc1NS(C)(=O)=O)NCc1ncc(C)s1.I. The molecular weight excluding hydrogens is 485 g/mol. The second kappa shape index (κ2) is 10.7. The zero-order valence-electron chi connectivity index (χ0n) is 14.9. The molecule has 0 atom stereocenters. The van der Waals surface area contributed by atoms with Crippen molar-refractivity contribution in [1.29, 1.82) is 0 Å². The van der Waals surface area contributed by atoms with Crippen molar-refractivity contribution in [2.75, 3.05) is 17.5 Å². The summed E-state index contributed by atoms with van der Waals surface area (Å²) in [7, 11) is -3.33. The fourth-order valence-corrected chi connectivity index (χ4v) is 3.43. The maximum Gasteiger partial charge on any atom is 0.229 e.